The van der Waals surface area contributed by atoms with Gasteiger partial charge in [0.2, 0.25) is 5.95 Å². The molecule has 0 radical (unpaired) electrons. The molecule has 0 saturated carbocycles. The Morgan fingerprint density at radius 2 is 2.15 bits per heavy atom. The van der Waals surface area contributed by atoms with Gasteiger partial charge in [-0.3, -0.25) is 0 Å². The van der Waals surface area contributed by atoms with Crippen LogP contribution < -0.4 is 10.6 Å². The van der Waals surface area contributed by atoms with Crippen LogP contribution in [0, 0.1) is 6.92 Å². The van der Waals surface area contributed by atoms with E-state index in [4.69, 9.17) is 4.74 Å². The molecule has 0 aliphatic carbocycles. The smallest absolute Gasteiger partial charge is 0.409 e. The molecule has 1 aliphatic heterocycles. The average molecular weight is 356 g/mol. The highest BCUT2D eigenvalue weighted by Crippen LogP contribution is 2.18. The average Bonchev–Trinajstić information content (AvgIpc) is 2.63. The minimum absolute atomic E-state index is 0.237. The Kier molecular flexibility index (Phi) is 5.83. The lowest BCUT2D eigenvalue weighted by molar-refractivity contribution is 0.0983. The SMILES string of the molecule is CCOC(=O)N1CCC(Nc2cnnc(Nc3cccc(C)c3)n2)CC1. The van der Waals surface area contributed by atoms with E-state index in [0.29, 0.717) is 31.5 Å². The third-order valence-corrected chi connectivity index (χ3v) is 4.21. The van der Waals surface area contributed by atoms with Crippen LogP contribution >= 0.6 is 0 Å². The van der Waals surface area contributed by atoms with Gasteiger partial charge in [0.15, 0.2) is 5.82 Å². The van der Waals surface area contributed by atoms with Crippen molar-refractivity contribution in [1.29, 1.82) is 0 Å². The number of carbonyl (C=O) groups is 1. The van der Waals surface area contributed by atoms with Crippen molar-refractivity contribution in [2.24, 2.45) is 0 Å². The van der Waals surface area contributed by atoms with Gasteiger partial charge in [0, 0.05) is 24.8 Å². The number of carbonyl (C=O) groups excluding carboxylic acids is 1. The fraction of sp³-hybridized carbons (Fsp3) is 0.444. The summed E-state index contributed by atoms with van der Waals surface area (Å²) in [6, 6.07) is 8.23. The molecule has 1 amide bonds. The molecule has 0 atom stereocenters. The maximum Gasteiger partial charge on any atom is 0.409 e. The van der Waals surface area contributed by atoms with Crippen LogP contribution in [0.4, 0.5) is 22.2 Å². The monoisotopic (exact) mass is 356 g/mol. The van der Waals surface area contributed by atoms with Crippen LogP contribution in [0.3, 0.4) is 0 Å². The quantitative estimate of drug-likeness (QED) is 0.851. The van der Waals surface area contributed by atoms with E-state index in [0.717, 1.165) is 24.1 Å². The van der Waals surface area contributed by atoms with E-state index < -0.39 is 0 Å². The van der Waals surface area contributed by atoms with E-state index in [9.17, 15) is 4.79 Å². The van der Waals surface area contributed by atoms with Gasteiger partial charge in [0.25, 0.3) is 0 Å². The van der Waals surface area contributed by atoms with E-state index >= 15 is 0 Å². The first kappa shape index (κ1) is 17.9. The van der Waals surface area contributed by atoms with Gasteiger partial charge in [0.05, 0.1) is 12.8 Å². The van der Waals surface area contributed by atoms with Crippen molar-refractivity contribution in [3.63, 3.8) is 0 Å². The van der Waals surface area contributed by atoms with Crippen molar-refractivity contribution in [3.8, 4) is 0 Å². The van der Waals surface area contributed by atoms with Crippen molar-refractivity contribution in [1.82, 2.24) is 20.1 Å². The van der Waals surface area contributed by atoms with Crippen LogP contribution in [-0.4, -0.2) is 51.9 Å². The fourth-order valence-electron chi connectivity index (χ4n) is 2.91. The summed E-state index contributed by atoms with van der Waals surface area (Å²) in [6.07, 6.45) is 3.05. The number of aryl methyl sites for hydroxylation is 1. The Labute approximate surface area is 153 Å². The first-order valence-corrected chi connectivity index (χ1v) is 8.85. The van der Waals surface area contributed by atoms with E-state index in [-0.39, 0.29) is 12.1 Å². The molecule has 2 heterocycles. The summed E-state index contributed by atoms with van der Waals surface area (Å²) in [7, 11) is 0. The summed E-state index contributed by atoms with van der Waals surface area (Å²) in [4.78, 5) is 18.0. The number of hydrogen-bond acceptors (Lipinski definition) is 7. The van der Waals surface area contributed by atoms with Crippen LogP contribution in [0.15, 0.2) is 30.5 Å². The highest BCUT2D eigenvalue weighted by Gasteiger charge is 2.23. The Bertz CT molecular complexity index is 746. The molecule has 2 N–H and O–H groups in total. The number of likely N-dealkylation sites (tertiary alicyclic amines) is 1. The highest BCUT2D eigenvalue weighted by atomic mass is 16.6. The second kappa shape index (κ2) is 8.46. The van der Waals surface area contributed by atoms with Gasteiger partial charge in [-0.2, -0.15) is 10.1 Å². The Morgan fingerprint density at radius 1 is 1.35 bits per heavy atom. The molecule has 1 aromatic carbocycles. The number of ether oxygens (including phenoxy) is 1. The predicted molar refractivity (Wildman–Crippen MR) is 99.5 cm³/mol. The van der Waals surface area contributed by atoms with Crippen LogP contribution in [0.25, 0.3) is 0 Å². The first-order valence-electron chi connectivity index (χ1n) is 8.85. The summed E-state index contributed by atoms with van der Waals surface area (Å²) >= 11 is 0. The van der Waals surface area contributed by atoms with Crippen molar-refractivity contribution >= 4 is 23.5 Å². The van der Waals surface area contributed by atoms with Gasteiger partial charge in [0.1, 0.15) is 0 Å². The highest BCUT2D eigenvalue weighted by molar-refractivity contribution is 5.67. The second-order valence-electron chi connectivity index (χ2n) is 6.26. The summed E-state index contributed by atoms with van der Waals surface area (Å²) in [5, 5.41) is 14.6. The molecule has 26 heavy (non-hydrogen) atoms. The van der Waals surface area contributed by atoms with E-state index in [2.05, 4.69) is 25.8 Å². The standard InChI is InChI=1S/C18H24N6O2/c1-3-26-18(25)24-9-7-14(8-10-24)20-16-12-19-23-17(22-16)21-15-6-4-5-13(2)11-15/h4-6,11-12,14H,3,7-10H2,1-2H3,(H2,20,21,22,23). The van der Waals surface area contributed by atoms with Crippen molar-refractivity contribution in [2.45, 2.75) is 32.7 Å². The van der Waals surface area contributed by atoms with Gasteiger partial charge >= 0.3 is 6.09 Å². The molecular weight excluding hydrogens is 332 g/mol. The normalized spacial score (nSPS) is 14.8. The van der Waals surface area contributed by atoms with Gasteiger partial charge < -0.3 is 20.3 Å². The number of nitrogens with zero attached hydrogens (tertiary/aromatic N) is 4. The maximum absolute atomic E-state index is 11.7. The third-order valence-electron chi connectivity index (χ3n) is 4.21. The van der Waals surface area contributed by atoms with Crippen LogP contribution in [0.1, 0.15) is 25.3 Å². The molecule has 0 unspecified atom stereocenters. The number of benzene rings is 1. The lowest BCUT2D eigenvalue weighted by atomic mass is 10.1. The Hall–Kier alpha value is -2.90. The molecule has 138 valence electrons. The van der Waals surface area contributed by atoms with Crippen molar-refractivity contribution < 1.29 is 9.53 Å². The van der Waals surface area contributed by atoms with E-state index in [1.165, 1.54) is 0 Å². The number of hydrogen-bond donors (Lipinski definition) is 2. The zero-order valence-corrected chi connectivity index (χ0v) is 15.1. The summed E-state index contributed by atoms with van der Waals surface area (Å²) in [6.45, 7) is 5.59. The molecule has 1 fully saturated rings. The van der Waals surface area contributed by atoms with Crippen LogP contribution in [0.5, 0.6) is 0 Å². The molecule has 1 aliphatic rings. The number of anilines is 3. The number of rotatable bonds is 5. The topological polar surface area (TPSA) is 92.3 Å². The second-order valence-corrected chi connectivity index (χ2v) is 6.26. The molecule has 1 saturated heterocycles. The Morgan fingerprint density at radius 3 is 2.88 bits per heavy atom. The molecule has 2 aromatic rings. The number of aromatic nitrogens is 3. The minimum atomic E-state index is -0.237. The number of piperidine rings is 1. The van der Waals surface area contributed by atoms with Gasteiger partial charge in [-0.1, -0.05) is 12.1 Å². The van der Waals surface area contributed by atoms with Crippen molar-refractivity contribution in [3.05, 3.63) is 36.0 Å². The maximum atomic E-state index is 11.7. The van der Waals surface area contributed by atoms with Gasteiger partial charge in [-0.15, -0.1) is 5.10 Å². The van der Waals surface area contributed by atoms with E-state index in [1.807, 2.05) is 38.1 Å². The zero-order valence-electron chi connectivity index (χ0n) is 15.1. The largest absolute Gasteiger partial charge is 0.450 e. The summed E-state index contributed by atoms with van der Waals surface area (Å²) in [5.74, 6) is 1.12. The lowest BCUT2D eigenvalue weighted by Crippen LogP contribution is -2.42. The molecule has 0 bridgehead atoms. The molecular formula is C18H24N6O2. The van der Waals surface area contributed by atoms with Gasteiger partial charge in [-0.25, -0.2) is 4.79 Å². The minimum Gasteiger partial charge on any atom is -0.450 e. The van der Waals surface area contributed by atoms with Gasteiger partial charge in [-0.05, 0) is 44.4 Å². The molecule has 0 spiro atoms. The molecule has 8 nitrogen and oxygen atoms in total. The third kappa shape index (κ3) is 4.81. The lowest BCUT2D eigenvalue weighted by Gasteiger charge is -2.31. The molecule has 3 rings (SSSR count). The predicted octanol–water partition coefficient (Wildman–Crippen LogP) is 2.96. The fourth-order valence-corrected chi connectivity index (χ4v) is 2.91. The van der Waals surface area contributed by atoms with Crippen LogP contribution in [-0.2, 0) is 4.74 Å². The molecule has 8 heteroatoms. The first-order chi connectivity index (χ1) is 12.6. The van der Waals surface area contributed by atoms with Crippen molar-refractivity contribution in [2.75, 3.05) is 30.3 Å². The summed E-state index contributed by atoms with van der Waals surface area (Å²) in [5.41, 5.74) is 2.08. The number of nitrogens with one attached hydrogen (secondary N) is 2. The molecule has 1 aromatic heterocycles. The van der Waals surface area contributed by atoms with Crippen LogP contribution in [0.2, 0.25) is 0 Å². The van der Waals surface area contributed by atoms with E-state index in [1.54, 1.807) is 11.1 Å². The Balaban J connectivity index is 1.55. The number of amides is 1. The zero-order chi connectivity index (χ0) is 18.4. The summed E-state index contributed by atoms with van der Waals surface area (Å²) < 4.78 is 5.04.